The van der Waals surface area contributed by atoms with Crippen LogP contribution in [0.5, 0.6) is 23.0 Å². The number of anilines is 1. The average molecular weight is 731 g/mol. The van der Waals surface area contributed by atoms with Gasteiger partial charge in [0, 0.05) is 45.0 Å². The number of guanidine groups is 1. The van der Waals surface area contributed by atoms with E-state index in [0.717, 1.165) is 43.2 Å². The SMILES string of the molecule is CN=C1NC#CC[C@H]2CCC[C@@]2(Cc2ccc(O)c(OC)c2)C(=O)/C=C\[C@H](C(C)C)Cc2cc(c(O)c(O[C@]3(CNC)CC[C@H](C[C@H](O)OC)C3)c2)N1. The molecule has 0 aromatic heterocycles. The molecule has 3 aliphatic rings. The number of hydrogen-bond donors (Lipinski definition) is 6. The third kappa shape index (κ3) is 9.47. The number of likely N-dealkylation sites (N-methyl/N-ethyl adjacent to an activating group) is 1. The predicted molar refractivity (Wildman–Crippen MR) is 207 cm³/mol. The maximum Gasteiger partial charge on any atom is 0.207 e. The summed E-state index contributed by atoms with van der Waals surface area (Å²) in [7, 11) is 6.57. The van der Waals surface area contributed by atoms with Gasteiger partial charge < -0.3 is 40.2 Å². The standard InChI is InChI=1S/C42H58N4O7/c1-27(2)31-12-14-37(48)42(25-28-11-13-34(47)35(21-28)51-5)16-7-9-32(42)10-8-18-45-40(44-4)46-33-20-30(19-31)22-36(39(33)50)53-41(26-43-3)17-15-29(24-41)23-38(49)52-6/h11-14,20-22,27,29,31-32,38,43,47,49-50H,7,9-10,15-17,19,23-26H2,1-6H3,(H2,44,45,46)/b14-12-/t29-,31+,32-,38-,41-,42+/m1/s1. The lowest BCUT2D eigenvalue weighted by atomic mass is 9.68. The number of ether oxygens (including phenoxy) is 3. The summed E-state index contributed by atoms with van der Waals surface area (Å²) in [6.45, 7) is 4.88. The summed E-state index contributed by atoms with van der Waals surface area (Å²) in [4.78, 5) is 18.9. The molecule has 2 aromatic carbocycles. The lowest BCUT2D eigenvalue weighted by molar-refractivity contribution is -0.125. The Hall–Kier alpha value is -4.24. The molecule has 5 rings (SSSR count). The Morgan fingerprint density at radius 3 is 2.64 bits per heavy atom. The highest BCUT2D eigenvalue weighted by atomic mass is 16.6. The largest absolute Gasteiger partial charge is 0.504 e. The second-order valence-electron chi connectivity index (χ2n) is 15.4. The van der Waals surface area contributed by atoms with Crippen molar-refractivity contribution in [2.24, 2.45) is 34.1 Å². The summed E-state index contributed by atoms with van der Waals surface area (Å²) in [5.74, 6) is 4.97. The number of ketones is 1. The summed E-state index contributed by atoms with van der Waals surface area (Å²) >= 11 is 0. The van der Waals surface area contributed by atoms with Crippen molar-refractivity contribution >= 4 is 17.4 Å². The van der Waals surface area contributed by atoms with Crippen molar-refractivity contribution in [2.45, 2.75) is 89.9 Å². The fourth-order valence-corrected chi connectivity index (χ4v) is 8.59. The van der Waals surface area contributed by atoms with Crippen LogP contribution in [-0.2, 0) is 22.4 Å². The number of phenolic OH excluding ortho intramolecular Hbond substituents is 2. The minimum absolute atomic E-state index is 0.0117. The van der Waals surface area contributed by atoms with Gasteiger partial charge in [-0.05, 0) is 117 Å². The molecule has 2 aliphatic carbocycles. The van der Waals surface area contributed by atoms with E-state index in [0.29, 0.717) is 61.8 Å². The average Bonchev–Trinajstić information content (AvgIpc) is 3.73. The Kier molecular flexibility index (Phi) is 13.4. The molecule has 6 N–H and O–H groups in total. The number of nitrogens with zero attached hydrogens (tertiary/aromatic N) is 1. The van der Waals surface area contributed by atoms with Gasteiger partial charge in [-0.25, -0.2) is 0 Å². The van der Waals surface area contributed by atoms with Crippen molar-refractivity contribution in [1.29, 1.82) is 0 Å². The second kappa shape index (κ2) is 17.7. The Morgan fingerprint density at radius 2 is 1.92 bits per heavy atom. The van der Waals surface area contributed by atoms with E-state index >= 15 is 0 Å². The molecule has 288 valence electrons. The van der Waals surface area contributed by atoms with Crippen LogP contribution in [0.2, 0.25) is 0 Å². The Bertz CT molecular complexity index is 1710. The first-order valence-corrected chi connectivity index (χ1v) is 18.9. The smallest absolute Gasteiger partial charge is 0.207 e. The fraction of sp³-hybridized carbons (Fsp3) is 0.571. The second-order valence-corrected chi connectivity index (χ2v) is 15.4. The number of methoxy groups -OCH3 is 2. The molecule has 0 saturated heterocycles. The summed E-state index contributed by atoms with van der Waals surface area (Å²) in [6.07, 6.45) is 10.0. The Morgan fingerprint density at radius 1 is 1.11 bits per heavy atom. The lowest BCUT2D eigenvalue weighted by Gasteiger charge is -2.33. The van der Waals surface area contributed by atoms with Crippen LogP contribution < -0.4 is 25.4 Å². The van der Waals surface area contributed by atoms with Gasteiger partial charge in [0.15, 0.2) is 35.1 Å². The third-order valence-electron chi connectivity index (χ3n) is 11.6. The fourth-order valence-electron chi connectivity index (χ4n) is 8.59. The molecule has 11 nitrogen and oxygen atoms in total. The van der Waals surface area contributed by atoms with Crippen molar-refractivity contribution in [2.75, 3.05) is 40.2 Å². The molecule has 0 radical (unpaired) electrons. The molecule has 1 heterocycles. The van der Waals surface area contributed by atoms with Crippen molar-refractivity contribution in [1.82, 2.24) is 10.6 Å². The Balaban J connectivity index is 1.52. The highest BCUT2D eigenvalue weighted by Crippen LogP contribution is 2.49. The lowest BCUT2D eigenvalue weighted by Crippen LogP contribution is -2.43. The Labute approximate surface area is 314 Å². The number of aromatic hydroxyl groups is 2. The van der Waals surface area contributed by atoms with Crippen molar-refractivity contribution < 1.29 is 34.3 Å². The van der Waals surface area contributed by atoms with E-state index in [-0.39, 0.29) is 41.0 Å². The number of aliphatic imine (C=N–C) groups is 1. The first kappa shape index (κ1) is 40.0. The van der Waals surface area contributed by atoms with Crippen LogP contribution in [0.25, 0.3) is 0 Å². The van der Waals surface area contributed by atoms with Gasteiger partial charge in [0.05, 0.1) is 12.8 Å². The number of fused-ring (bicyclic) bond motifs is 3. The van der Waals surface area contributed by atoms with Gasteiger partial charge in [-0.15, -0.1) is 0 Å². The van der Waals surface area contributed by atoms with E-state index in [4.69, 9.17) is 14.2 Å². The van der Waals surface area contributed by atoms with E-state index in [1.807, 2.05) is 31.3 Å². The van der Waals surface area contributed by atoms with Crippen LogP contribution in [0.15, 0.2) is 47.5 Å². The highest BCUT2D eigenvalue weighted by molar-refractivity contribution is 5.97. The van der Waals surface area contributed by atoms with Crippen molar-refractivity contribution in [3.05, 3.63) is 53.6 Å². The van der Waals surface area contributed by atoms with Gasteiger partial charge in [-0.3, -0.25) is 15.1 Å². The number of benzene rings is 2. The van der Waals surface area contributed by atoms with E-state index in [2.05, 4.69) is 52.8 Å². The van der Waals surface area contributed by atoms with Gasteiger partial charge in [0.2, 0.25) is 5.96 Å². The van der Waals surface area contributed by atoms with E-state index < -0.39 is 17.3 Å². The van der Waals surface area contributed by atoms with Crippen LogP contribution in [0.1, 0.15) is 76.3 Å². The van der Waals surface area contributed by atoms with Crippen LogP contribution in [0.4, 0.5) is 5.69 Å². The van der Waals surface area contributed by atoms with Crippen molar-refractivity contribution in [3.63, 3.8) is 0 Å². The number of carbonyl (C=O) groups excluding carboxylic acids is 1. The number of hydrogen-bond acceptors (Lipinski definition) is 9. The van der Waals surface area contributed by atoms with E-state index in [9.17, 15) is 20.1 Å². The molecule has 11 heteroatoms. The van der Waals surface area contributed by atoms with Gasteiger partial charge in [-0.2, -0.15) is 0 Å². The minimum atomic E-state index is -0.834. The zero-order valence-corrected chi connectivity index (χ0v) is 32.1. The molecular formula is C42H58N4O7. The minimum Gasteiger partial charge on any atom is -0.504 e. The van der Waals surface area contributed by atoms with Gasteiger partial charge in [0.1, 0.15) is 5.60 Å². The first-order valence-electron chi connectivity index (χ1n) is 18.9. The summed E-state index contributed by atoms with van der Waals surface area (Å²) < 4.78 is 17.3. The number of nitrogens with one attached hydrogen (secondary N) is 3. The number of phenols is 2. The molecule has 53 heavy (non-hydrogen) atoms. The normalized spacial score (nSPS) is 28.0. The maximum atomic E-state index is 14.5. The van der Waals surface area contributed by atoms with Gasteiger partial charge in [-0.1, -0.05) is 38.3 Å². The number of aliphatic hydroxyl groups is 1. The zero-order valence-electron chi connectivity index (χ0n) is 32.1. The molecule has 2 bridgehead atoms. The highest BCUT2D eigenvalue weighted by Gasteiger charge is 2.47. The molecule has 1 aliphatic heterocycles. The summed E-state index contributed by atoms with van der Waals surface area (Å²) in [5, 5.41) is 41.7. The zero-order chi connectivity index (χ0) is 38.2. The van der Waals surface area contributed by atoms with Crippen LogP contribution in [0.3, 0.4) is 0 Å². The topological polar surface area (TPSA) is 154 Å². The summed E-state index contributed by atoms with van der Waals surface area (Å²) in [5.41, 5.74) is 1.05. The van der Waals surface area contributed by atoms with Crippen molar-refractivity contribution in [3.8, 4) is 35.0 Å². The first-order chi connectivity index (χ1) is 25.4. The van der Waals surface area contributed by atoms with Crippen LogP contribution in [-0.4, -0.2) is 73.8 Å². The number of aliphatic hydroxyl groups excluding tert-OH is 1. The quantitative estimate of drug-likeness (QED) is 0.0934. The molecule has 0 spiro atoms. The molecule has 2 saturated carbocycles. The number of allylic oxidation sites excluding steroid dienone is 2. The molecule has 2 aromatic rings. The van der Waals surface area contributed by atoms with E-state index in [1.54, 1.807) is 19.2 Å². The number of rotatable bonds is 11. The molecule has 0 unspecified atom stereocenters. The summed E-state index contributed by atoms with van der Waals surface area (Å²) in [6, 6.07) is 12.2. The molecule has 2 fully saturated rings. The van der Waals surface area contributed by atoms with Crippen LogP contribution in [0, 0.1) is 41.1 Å². The maximum absolute atomic E-state index is 14.5. The predicted octanol–water partition coefficient (Wildman–Crippen LogP) is 5.92. The molecular weight excluding hydrogens is 672 g/mol. The number of carbonyl (C=O) groups is 1. The van der Waals surface area contributed by atoms with Crippen LogP contribution >= 0.6 is 0 Å². The van der Waals surface area contributed by atoms with Gasteiger partial charge >= 0.3 is 0 Å². The molecule has 0 amide bonds. The monoisotopic (exact) mass is 730 g/mol. The van der Waals surface area contributed by atoms with Gasteiger partial charge in [0.25, 0.3) is 0 Å². The third-order valence-corrected chi connectivity index (χ3v) is 11.6. The van der Waals surface area contributed by atoms with E-state index in [1.165, 1.54) is 14.2 Å². The molecule has 6 atom stereocenters.